The van der Waals surface area contributed by atoms with E-state index in [0.717, 1.165) is 0 Å². The van der Waals surface area contributed by atoms with E-state index in [2.05, 4.69) is 0 Å². The molecule has 0 saturated heterocycles. The molecular formula is C22H27BO6. The minimum Gasteiger partial charge on any atom is -0.528 e. The van der Waals surface area contributed by atoms with Crippen LogP contribution in [-0.2, 0) is 9.47 Å². The second-order valence-corrected chi connectivity index (χ2v) is 8.47. The van der Waals surface area contributed by atoms with Gasteiger partial charge in [0.15, 0.2) is 0 Å². The van der Waals surface area contributed by atoms with Crippen LogP contribution in [0.4, 0.5) is 0 Å². The van der Waals surface area contributed by atoms with Gasteiger partial charge in [0, 0.05) is 0 Å². The van der Waals surface area contributed by atoms with Crippen LogP contribution >= 0.6 is 0 Å². The van der Waals surface area contributed by atoms with Gasteiger partial charge in [0.05, 0.1) is 11.1 Å². The van der Waals surface area contributed by atoms with E-state index in [9.17, 15) is 9.59 Å². The molecule has 0 unspecified atom stereocenters. The molecule has 0 aliphatic rings. The quantitative estimate of drug-likeness (QED) is 0.533. The molecule has 0 saturated carbocycles. The lowest BCUT2D eigenvalue weighted by Crippen LogP contribution is -2.24. The highest BCUT2D eigenvalue weighted by atomic mass is 16.6. The number of benzene rings is 2. The molecule has 0 heterocycles. The highest BCUT2D eigenvalue weighted by molar-refractivity contribution is 6.20. The minimum atomic E-state index is -0.573. The summed E-state index contributed by atoms with van der Waals surface area (Å²) in [6, 6.07) is 13.3. The molecule has 154 valence electrons. The first-order valence-corrected chi connectivity index (χ1v) is 9.35. The molecule has 0 fully saturated rings. The third kappa shape index (κ3) is 7.89. The fraction of sp³-hybridized carbons (Fsp3) is 0.364. The Balaban J connectivity index is 1.95. The van der Waals surface area contributed by atoms with Gasteiger partial charge in [-0.05, 0) is 77.9 Å². The standard InChI is InChI=1S/C22H27BO6/c1-21(2,3)26-19(24)15-9-7-11-17(13-15)28-23-29-18-12-8-10-16(14-18)20(25)27-22(4,5)6/h7-14,23H,1-6H3. The topological polar surface area (TPSA) is 71.1 Å². The molecule has 0 aliphatic carbocycles. The summed E-state index contributed by atoms with van der Waals surface area (Å²) >= 11 is 0. The van der Waals surface area contributed by atoms with Crippen LogP contribution in [0.25, 0.3) is 0 Å². The molecule has 0 aromatic heterocycles. The van der Waals surface area contributed by atoms with Gasteiger partial charge in [0.25, 0.3) is 0 Å². The van der Waals surface area contributed by atoms with E-state index >= 15 is 0 Å². The average Bonchev–Trinajstić information content (AvgIpc) is 2.59. The number of ether oxygens (including phenoxy) is 2. The Morgan fingerprint density at radius 2 is 1.07 bits per heavy atom. The van der Waals surface area contributed by atoms with E-state index in [0.29, 0.717) is 22.6 Å². The molecule has 0 N–H and O–H groups in total. The SMILES string of the molecule is CC(C)(C)OC(=O)c1cccc(OBOc2cccc(C(=O)OC(C)(C)C)c2)c1. The predicted molar refractivity (Wildman–Crippen MR) is 112 cm³/mol. The summed E-state index contributed by atoms with van der Waals surface area (Å²) in [4.78, 5) is 24.3. The third-order valence-corrected chi connectivity index (χ3v) is 3.39. The van der Waals surface area contributed by atoms with Crippen LogP contribution in [0.15, 0.2) is 48.5 Å². The molecule has 7 heteroatoms. The van der Waals surface area contributed by atoms with Crippen molar-refractivity contribution in [2.75, 3.05) is 0 Å². The van der Waals surface area contributed by atoms with E-state index in [4.69, 9.17) is 18.8 Å². The monoisotopic (exact) mass is 398 g/mol. The first kappa shape index (κ1) is 22.3. The number of hydrogen-bond donors (Lipinski definition) is 0. The Morgan fingerprint density at radius 1 is 0.690 bits per heavy atom. The van der Waals surface area contributed by atoms with E-state index in [1.807, 2.05) is 41.5 Å². The molecule has 29 heavy (non-hydrogen) atoms. The van der Waals surface area contributed by atoms with Crippen molar-refractivity contribution < 1.29 is 28.4 Å². The van der Waals surface area contributed by atoms with Crippen molar-refractivity contribution in [2.45, 2.75) is 52.7 Å². The van der Waals surface area contributed by atoms with Crippen molar-refractivity contribution in [3.8, 4) is 11.5 Å². The summed E-state index contributed by atoms with van der Waals surface area (Å²) in [7, 11) is -0.0878. The zero-order chi connectivity index (χ0) is 21.7. The highest BCUT2D eigenvalue weighted by Gasteiger charge is 2.19. The molecular weight excluding hydrogens is 371 g/mol. The smallest absolute Gasteiger partial charge is 0.528 e. The Bertz CT molecular complexity index is 793. The van der Waals surface area contributed by atoms with Crippen LogP contribution in [0.5, 0.6) is 11.5 Å². The van der Waals surface area contributed by atoms with Crippen molar-refractivity contribution >= 4 is 19.6 Å². The van der Waals surface area contributed by atoms with Gasteiger partial charge in [0.1, 0.15) is 22.7 Å². The predicted octanol–water partition coefficient (Wildman–Crippen LogP) is 4.32. The van der Waals surface area contributed by atoms with Crippen LogP contribution < -0.4 is 9.31 Å². The molecule has 0 bridgehead atoms. The summed E-state index contributed by atoms with van der Waals surface area (Å²) < 4.78 is 21.8. The summed E-state index contributed by atoms with van der Waals surface area (Å²) in [5.74, 6) is 0.0937. The first-order valence-electron chi connectivity index (χ1n) is 9.35. The van der Waals surface area contributed by atoms with Crippen LogP contribution in [0.2, 0.25) is 0 Å². The summed E-state index contributed by atoms with van der Waals surface area (Å²) in [6.07, 6.45) is 0. The number of rotatable bonds is 6. The summed E-state index contributed by atoms with van der Waals surface area (Å²) in [5.41, 5.74) is -0.361. The summed E-state index contributed by atoms with van der Waals surface area (Å²) in [5, 5.41) is 0. The lowest BCUT2D eigenvalue weighted by Gasteiger charge is -2.19. The van der Waals surface area contributed by atoms with Crippen molar-refractivity contribution in [2.24, 2.45) is 0 Å². The number of esters is 2. The van der Waals surface area contributed by atoms with Gasteiger partial charge in [-0.25, -0.2) is 9.59 Å². The maximum atomic E-state index is 12.2. The second-order valence-electron chi connectivity index (χ2n) is 8.47. The zero-order valence-electron chi connectivity index (χ0n) is 17.8. The van der Waals surface area contributed by atoms with Gasteiger partial charge >= 0.3 is 19.6 Å². The maximum absolute atomic E-state index is 12.2. The lowest BCUT2D eigenvalue weighted by molar-refractivity contribution is 0.00569. The van der Waals surface area contributed by atoms with Crippen LogP contribution in [0.3, 0.4) is 0 Å². The van der Waals surface area contributed by atoms with Crippen LogP contribution in [0.1, 0.15) is 62.3 Å². The molecule has 2 aromatic rings. The van der Waals surface area contributed by atoms with Gasteiger partial charge in [0.2, 0.25) is 0 Å². The molecule has 0 aliphatic heterocycles. The maximum Gasteiger partial charge on any atom is 0.576 e. The van der Waals surface area contributed by atoms with Gasteiger partial charge in [-0.2, -0.15) is 0 Å². The van der Waals surface area contributed by atoms with Gasteiger partial charge in [-0.3, -0.25) is 0 Å². The highest BCUT2D eigenvalue weighted by Crippen LogP contribution is 2.19. The van der Waals surface area contributed by atoms with Gasteiger partial charge in [-0.1, -0.05) is 12.1 Å². The fourth-order valence-electron chi connectivity index (χ4n) is 2.27. The first-order chi connectivity index (χ1) is 13.4. The van der Waals surface area contributed by atoms with E-state index in [1.54, 1.807) is 48.5 Å². The van der Waals surface area contributed by atoms with Crippen molar-refractivity contribution in [1.82, 2.24) is 0 Å². The second kappa shape index (κ2) is 9.03. The molecule has 6 nitrogen and oxygen atoms in total. The lowest BCUT2D eigenvalue weighted by atomic mass is 10.1. The average molecular weight is 398 g/mol. The largest absolute Gasteiger partial charge is 0.576 e. The summed E-state index contributed by atoms with van der Waals surface area (Å²) in [6.45, 7) is 10.9. The Morgan fingerprint density at radius 3 is 1.41 bits per heavy atom. The van der Waals surface area contributed by atoms with E-state index in [-0.39, 0.29) is 7.69 Å². The third-order valence-electron chi connectivity index (χ3n) is 3.39. The van der Waals surface area contributed by atoms with Gasteiger partial charge in [-0.15, -0.1) is 0 Å². The van der Waals surface area contributed by atoms with Crippen molar-refractivity contribution in [3.05, 3.63) is 59.7 Å². The molecule has 2 rings (SSSR count). The van der Waals surface area contributed by atoms with Gasteiger partial charge < -0.3 is 18.8 Å². The zero-order valence-corrected chi connectivity index (χ0v) is 17.8. The van der Waals surface area contributed by atoms with Crippen molar-refractivity contribution in [1.29, 1.82) is 0 Å². The molecule has 2 aromatic carbocycles. The molecule has 0 radical (unpaired) electrons. The number of carbonyl (C=O) groups excluding carboxylic acids is 2. The Hall–Kier alpha value is -2.96. The fourth-order valence-corrected chi connectivity index (χ4v) is 2.27. The van der Waals surface area contributed by atoms with Crippen LogP contribution in [-0.4, -0.2) is 30.8 Å². The molecule has 0 amide bonds. The molecule has 0 atom stereocenters. The van der Waals surface area contributed by atoms with Crippen molar-refractivity contribution in [3.63, 3.8) is 0 Å². The Labute approximate surface area is 172 Å². The number of carbonyl (C=O) groups is 2. The number of hydrogen-bond acceptors (Lipinski definition) is 6. The minimum absolute atomic E-state index is 0.0878. The van der Waals surface area contributed by atoms with Crippen LogP contribution in [0, 0.1) is 0 Å². The van der Waals surface area contributed by atoms with E-state index < -0.39 is 23.1 Å². The molecule has 0 spiro atoms. The Kier molecular flexibility index (Phi) is 6.95. The normalized spacial score (nSPS) is 11.4. The van der Waals surface area contributed by atoms with E-state index in [1.165, 1.54) is 0 Å².